The van der Waals surface area contributed by atoms with Gasteiger partial charge in [-0.3, -0.25) is 0 Å². The van der Waals surface area contributed by atoms with Crippen LogP contribution in [0.4, 0.5) is 24.5 Å². The average Bonchev–Trinajstić information content (AvgIpc) is 2.61. The van der Waals surface area contributed by atoms with Crippen molar-refractivity contribution in [3.8, 4) is 6.07 Å². The lowest BCUT2D eigenvalue weighted by Crippen LogP contribution is -2.44. The monoisotopic (exact) mass is 345 g/mol. The van der Waals surface area contributed by atoms with Crippen LogP contribution in [0, 0.1) is 11.3 Å². The minimum Gasteiger partial charge on any atom is -0.340 e. The van der Waals surface area contributed by atoms with Crippen LogP contribution in [0.3, 0.4) is 0 Å². The zero-order chi connectivity index (χ0) is 17.9. The molecule has 1 aliphatic heterocycles. The molecule has 0 radical (unpaired) electrons. The van der Waals surface area contributed by atoms with Gasteiger partial charge in [-0.25, -0.2) is 0 Å². The van der Waals surface area contributed by atoms with E-state index in [2.05, 4.69) is 11.4 Å². The first-order chi connectivity index (χ1) is 12.0. The van der Waals surface area contributed by atoms with Crippen LogP contribution in [0.15, 0.2) is 48.5 Å². The fourth-order valence-electron chi connectivity index (χ4n) is 3.14. The van der Waals surface area contributed by atoms with Crippen LogP contribution < -0.4 is 10.2 Å². The normalized spacial score (nSPS) is 17.0. The molecule has 0 spiro atoms. The highest BCUT2D eigenvalue weighted by Crippen LogP contribution is 2.35. The van der Waals surface area contributed by atoms with Crippen molar-refractivity contribution in [2.24, 2.45) is 0 Å². The fraction of sp³-hybridized carbons (Fsp3) is 0.316. The molecule has 2 aromatic rings. The Balaban J connectivity index is 1.87. The summed E-state index contributed by atoms with van der Waals surface area (Å²) in [4.78, 5) is 2.03. The number of hydrogen-bond donors (Lipinski definition) is 1. The Hall–Kier alpha value is -2.52. The minimum absolute atomic E-state index is 0.144. The lowest BCUT2D eigenvalue weighted by Gasteiger charge is -2.36. The Morgan fingerprint density at radius 1 is 1.12 bits per heavy atom. The van der Waals surface area contributed by atoms with E-state index in [1.165, 1.54) is 12.1 Å². The highest BCUT2D eigenvalue weighted by atomic mass is 19.4. The molecule has 0 saturated heterocycles. The summed E-state index contributed by atoms with van der Waals surface area (Å²) in [6, 6.07) is 15.4. The molecular formula is C19H18F3N3. The lowest BCUT2D eigenvalue weighted by molar-refractivity contribution is -0.137. The lowest BCUT2D eigenvalue weighted by atomic mass is 9.97. The second-order valence-electron chi connectivity index (χ2n) is 6.05. The topological polar surface area (TPSA) is 39.1 Å². The van der Waals surface area contributed by atoms with Gasteiger partial charge in [0.15, 0.2) is 0 Å². The van der Waals surface area contributed by atoms with Crippen LogP contribution in [0.2, 0.25) is 0 Å². The predicted molar refractivity (Wildman–Crippen MR) is 90.6 cm³/mol. The van der Waals surface area contributed by atoms with E-state index in [1.54, 1.807) is 0 Å². The van der Waals surface area contributed by atoms with Gasteiger partial charge in [0, 0.05) is 36.9 Å². The standard InChI is InChI=1S/C19H18F3N3/c20-19(21,22)15-6-8-17(9-7-15)25-13-16(24-11-3-10-23)12-14-4-1-2-5-18(14)25/h1-2,4-9,16,24H,3,11-13H2. The molecule has 25 heavy (non-hydrogen) atoms. The number of benzene rings is 2. The van der Waals surface area contributed by atoms with Crippen molar-refractivity contribution < 1.29 is 13.2 Å². The first kappa shape index (κ1) is 17.3. The number of rotatable bonds is 4. The Morgan fingerprint density at radius 2 is 1.84 bits per heavy atom. The molecule has 3 rings (SSSR count). The quantitative estimate of drug-likeness (QED) is 0.841. The van der Waals surface area contributed by atoms with Crippen molar-refractivity contribution in [2.75, 3.05) is 18.0 Å². The van der Waals surface area contributed by atoms with E-state index >= 15 is 0 Å². The number of hydrogen-bond acceptors (Lipinski definition) is 3. The van der Waals surface area contributed by atoms with Crippen LogP contribution >= 0.6 is 0 Å². The van der Waals surface area contributed by atoms with Crippen LogP contribution in [0.25, 0.3) is 0 Å². The van der Waals surface area contributed by atoms with E-state index in [0.717, 1.165) is 35.5 Å². The van der Waals surface area contributed by atoms with Crippen LogP contribution in [-0.2, 0) is 12.6 Å². The average molecular weight is 345 g/mol. The molecule has 0 bridgehead atoms. The molecule has 0 aliphatic carbocycles. The molecule has 0 fully saturated rings. The summed E-state index contributed by atoms with van der Waals surface area (Å²) in [5.41, 5.74) is 2.24. The zero-order valence-corrected chi connectivity index (χ0v) is 13.6. The third-order valence-electron chi connectivity index (χ3n) is 4.33. The van der Waals surface area contributed by atoms with Crippen molar-refractivity contribution in [1.82, 2.24) is 5.32 Å². The van der Waals surface area contributed by atoms with Crippen molar-refractivity contribution in [1.29, 1.82) is 5.26 Å². The molecule has 0 amide bonds. The number of nitriles is 1. The smallest absolute Gasteiger partial charge is 0.340 e. The first-order valence-corrected chi connectivity index (χ1v) is 8.12. The van der Waals surface area contributed by atoms with E-state index in [-0.39, 0.29) is 6.04 Å². The van der Waals surface area contributed by atoms with Crippen LogP contribution in [-0.4, -0.2) is 19.1 Å². The van der Waals surface area contributed by atoms with E-state index in [1.807, 2.05) is 29.2 Å². The van der Waals surface area contributed by atoms with E-state index in [4.69, 9.17) is 5.26 Å². The van der Waals surface area contributed by atoms with Crippen LogP contribution in [0.1, 0.15) is 17.5 Å². The van der Waals surface area contributed by atoms with Gasteiger partial charge in [0.1, 0.15) is 0 Å². The number of nitrogens with zero attached hydrogens (tertiary/aromatic N) is 2. The highest BCUT2D eigenvalue weighted by Gasteiger charge is 2.31. The molecule has 130 valence electrons. The van der Waals surface area contributed by atoms with E-state index in [0.29, 0.717) is 19.5 Å². The third-order valence-corrected chi connectivity index (χ3v) is 4.33. The molecule has 0 saturated carbocycles. The minimum atomic E-state index is -4.33. The number of halogens is 3. The maximum atomic E-state index is 12.8. The number of fused-ring (bicyclic) bond motifs is 1. The van der Waals surface area contributed by atoms with E-state index < -0.39 is 11.7 Å². The molecule has 1 atom stereocenters. The van der Waals surface area contributed by atoms with Gasteiger partial charge in [-0.2, -0.15) is 18.4 Å². The molecule has 1 heterocycles. The summed E-state index contributed by atoms with van der Waals surface area (Å²) in [7, 11) is 0. The summed E-state index contributed by atoms with van der Waals surface area (Å²) in [5.74, 6) is 0. The van der Waals surface area contributed by atoms with Gasteiger partial charge in [-0.05, 0) is 42.3 Å². The molecule has 1 aliphatic rings. The molecule has 3 nitrogen and oxygen atoms in total. The highest BCUT2D eigenvalue weighted by molar-refractivity contribution is 5.68. The van der Waals surface area contributed by atoms with Gasteiger partial charge in [0.2, 0.25) is 0 Å². The van der Waals surface area contributed by atoms with Crippen molar-refractivity contribution in [2.45, 2.75) is 25.1 Å². The van der Waals surface area contributed by atoms with Crippen LogP contribution in [0.5, 0.6) is 0 Å². The molecule has 0 aromatic heterocycles. The Bertz CT molecular complexity index is 763. The van der Waals surface area contributed by atoms with Gasteiger partial charge >= 0.3 is 6.18 Å². The maximum absolute atomic E-state index is 12.8. The number of nitrogens with one attached hydrogen (secondary N) is 1. The number of alkyl halides is 3. The Morgan fingerprint density at radius 3 is 2.52 bits per heavy atom. The van der Waals surface area contributed by atoms with Crippen molar-refractivity contribution in [3.05, 3.63) is 59.7 Å². The SMILES string of the molecule is N#CCCNC1Cc2ccccc2N(c2ccc(C(F)(F)F)cc2)C1. The first-order valence-electron chi connectivity index (χ1n) is 8.12. The van der Waals surface area contributed by atoms with E-state index in [9.17, 15) is 13.2 Å². The fourth-order valence-corrected chi connectivity index (χ4v) is 3.14. The summed E-state index contributed by atoms with van der Waals surface area (Å²) in [6.07, 6.45) is -3.07. The molecule has 1 N–H and O–H groups in total. The number of para-hydroxylation sites is 1. The van der Waals surface area contributed by atoms with Gasteiger partial charge in [-0.15, -0.1) is 0 Å². The molecule has 6 heteroatoms. The Labute approximate surface area is 144 Å². The molecule has 1 unspecified atom stereocenters. The predicted octanol–water partition coefficient (Wildman–Crippen LogP) is 4.27. The second kappa shape index (κ2) is 7.16. The largest absolute Gasteiger partial charge is 0.416 e. The van der Waals surface area contributed by atoms with Crippen molar-refractivity contribution >= 4 is 11.4 Å². The number of anilines is 2. The molecule has 2 aromatic carbocycles. The second-order valence-corrected chi connectivity index (χ2v) is 6.05. The summed E-state index contributed by atoms with van der Waals surface area (Å²) < 4.78 is 38.4. The van der Waals surface area contributed by atoms with Gasteiger partial charge < -0.3 is 10.2 Å². The van der Waals surface area contributed by atoms with Gasteiger partial charge in [0.25, 0.3) is 0 Å². The molecular weight excluding hydrogens is 327 g/mol. The zero-order valence-electron chi connectivity index (χ0n) is 13.6. The van der Waals surface area contributed by atoms with Gasteiger partial charge in [-0.1, -0.05) is 18.2 Å². The third kappa shape index (κ3) is 3.94. The van der Waals surface area contributed by atoms with Gasteiger partial charge in [0.05, 0.1) is 11.6 Å². The Kier molecular flexibility index (Phi) is 4.95. The van der Waals surface area contributed by atoms with Crippen molar-refractivity contribution in [3.63, 3.8) is 0 Å². The maximum Gasteiger partial charge on any atom is 0.416 e. The summed E-state index contributed by atoms with van der Waals surface area (Å²) >= 11 is 0. The summed E-state index contributed by atoms with van der Waals surface area (Å²) in [5, 5.41) is 12.0. The summed E-state index contributed by atoms with van der Waals surface area (Å²) in [6.45, 7) is 1.25.